The summed E-state index contributed by atoms with van der Waals surface area (Å²) in [4.78, 5) is 11.9. The van der Waals surface area contributed by atoms with E-state index in [4.69, 9.17) is 5.73 Å². The number of benzene rings is 1. The third-order valence-corrected chi connectivity index (χ3v) is 3.95. The molecule has 0 bridgehead atoms. The van der Waals surface area contributed by atoms with E-state index in [1.54, 1.807) is 0 Å². The zero-order valence-corrected chi connectivity index (χ0v) is 11.1. The summed E-state index contributed by atoms with van der Waals surface area (Å²) >= 11 is 0. The largest absolute Gasteiger partial charge is 0.396 e. The third-order valence-electron chi connectivity index (χ3n) is 3.95. The van der Waals surface area contributed by atoms with Crippen molar-refractivity contribution in [3.05, 3.63) is 29.3 Å². The minimum atomic E-state index is -0.946. The van der Waals surface area contributed by atoms with Crippen molar-refractivity contribution in [1.29, 1.82) is 0 Å². The van der Waals surface area contributed by atoms with Crippen LogP contribution in [0, 0.1) is 17.0 Å². The Morgan fingerprint density at radius 2 is 1.95 bits per heavy atom. The van der Waals surface area contributed by atoms with Gasteiger partial charge in [-0.1, -0.05) is 12.8 Å². The molecule has 1 fully saturated rings. The van der Waals surface area contributed by atoms with E-state index in [0.717, 1.165) is 31.7 Å². The van der Waals surface area contributed by atoms with Crippen molar-refractivity contribution >= 4 is 11.6 Å². The molecule has 0 atom stereocenters. The maximum atomic E-state index is 13.6. The van der Waals surface area contributed by atoms with Crippen LogP contribution in [0.3, 0.4) is 0 Å². The summed E-state index contributed by atoms with van der Waals surface area (Å²) in [5, 5.41) is 12.0. The number of hydrogen-bond acceptors (Lipinski definition) is 3. The van der Waals surface area contributed by atoms with Gasteiger partial charge in [0.1, 0.15) is 11.6 Å². The van der Waals surface area contributed by atoms with Crippen LogP contribution in [0.5, 0.6) is 0 Å². The van der Waals surface area contributed by atoms with Gasteiger partial charge in [-0.3, -0.25) is 4.79 Å². The Bertz CT molecular complexity index is 514. The number of anilines is 1. The molecule has 0 saturated heterocycles. The zero-order valence-electron chi connectivity index (χ0n) is 11.1. The van der Waals surface area contributed by atoms with Crippen LogP contribution in [0.1, 0.15) is 36.0 Å². The van der Waals surface area contributed by atoms with E-state index in [0.29, 0.717) is 6.07 Å². The van der Waals surface area contributed by atoms with E-state index >= 15 is 0 Å². The fourth-order valence-corrected chi connectivity index (χ4v) is 2.62. The Balaban J connectivity index is 2.07. The molecule has 1 aliphatic carbocycles. The van der Waals surface area contributed by atoms with E-state index < -0.39 is 17.5 Å². The summed E-state index contributed by atoms with van der Waals surface area (Å²) in [6, 6.07) is 1.59. The molecule has 1 aromatic rings. The van der Waals surface area contributed by atoms with Gasteiger partial charge >= 0.3 is 0 Å². The molecule has 0 unspecified atom stereocenters. The minimum absolute atomic E-state index is 0.0126. The highest BCUT2D eigenvalue weighted by molar-refractivity contribution is 5.95. The first-order chi connectivity index (χ1) is 9.47. The molecule has 2 rings (SSSR count). The monoisotopic (exact) mass is 284 g/mol. The first kappa shape index (κ1) is 14.7. The summed E-state index contributed by atoms with van der Waals surface area (Å²) in [5.41, 5.74) is 4.46. The van der Waals surface area contributed by atoms with E-state index in [-0.39, 0.29) is 29.8 Å². The molecule has 20 heavy (non-hydrogen) atoms. The standard InChI is InChI=1S/C14H18F2N2O2/c15-10-6-11(16)12(17)5-9(10)13(20)18-7-14(8-19)3-1-2-4-14/h5-6,19H,1-4,7-8,17H2,(H,18,20). The number of carbonyl (C=O) groups is 1. The lowest BCUT2D eigenvalue weighted by molar-refractivity contribution is 0.0877. The molecule has 4 nitrogen and oxygen atoms in total. The van der Waals surface area contributed by atoms with Crippen molar-refractivity contribution in [2.24, 2.45) is 5.41 Å². The van der Waals surface area contributed by atoms with Crippen LogP contribution in [0.25, 0.3) is 0 Å². The number of rotatable bonds is 4. The molecule has 1 aliphatic rings. The molecular formula is C14H18F2N2O2. The molecule has 4 N–H and O–H groups in total. The van der Waals surface area contributed by atoms with E-state index in [2.05, 4.69) is 5.32 Å². The molecule has 1 saturated carbocycles. The van der Waals surface area contributed by atoms with Crippen LogP contribution in [0.4, 0.5) is 14.5 Å². The summed E-state index contributed by atoms with van der Waals surface area (Å²) < 4.78 is 26.6. The number of nitrogens with two attached hydrogens (primary N) is 1. The number of aliphatic hydroxyl groups is 1. The Labute approximate surface area is 116 Å². The Morgan fingerprint density at radius 3 is 2.55 bits per heavy atom. The van der Waals surface area contributed by atoms with Crippen LogP contribution >= 0.6 is 0 Å². The maximum absolute atomic E-state index is 13.6. The molecular weight excluding hydrogens is 266 g/mol. The fourth-order valence-electron chi connectivity index (χ4n) is 2.62. The smallest absolute Gasteiger partial charge is 0.254 e. The molecule has 0 aliphatic heterocycles. The van der Waals surface area contributed by atoms with Gasteiger partial charge in [-0.2, -0.15) is 0 Å². The second-order valence-corrected chi connectivity index (χ2v) is 5.40. The molecule has 0 heterocycles. The predicted molar refractivity (Wildman–Crippen MR) is 71.1 cm³/mol. The summed E-state index contributed by atoms with van der Waals surface area (Å²) in [6.07, 6.45) is 3.68. The number of carbonyl (C=O) groups excluding carboxylic acids is 1. The van der Waals surface area contributed by atoms with Gasteiger partial charge in [-0.05, 0) is 18.9 Å². The second kappa shape index (κ2) is 5.75. The third kappa shape index (κ3) is 2.90. The molecule has 110 valence electrons. The van der Waals surface area contributed by atoms with Gasteiger partial charge in [0.05, 0.1) is 17.9 Å². The highest BCUT2D eigenvalue weighted by Crippen LogP contribution is 2.36. The van der Waals surface area contributed by atoms with Gasteiger partial charge in [0.25, 0.3) is 5.91 Å². The number of nitrogen functional groups attached to an aromatic ring is 1. The van der Waals surface area contributed by atoms with Crippen molar-refractivity contribution < 1.29 is 18.7 Å². The van der Waals surface area contributed by atoms with E-state index in [9.17, 15) is 18.7 Å². The van der Waals surface area contributed by atoms with Crippen molar-refractivity contribution in [2.45, 2.75) is 25.7 Å². The van der Waals surface area contributed by atoms with Crippen LogP contribution in [-0.4, -0.2) is 24.2 Å². The molecule has 0 radical (unpaired) electrons. The molecule has 6 heteroatoms. The minimum Gasteiger partial charge on any atom is -0.396 e. The fraction of sp³-hybridized carbons (Fsp3) is 0.500. The highest BCUT2D eigenvalue weighted by Gasteiger charge is 2.33. The average molecular weight is 284 g/mol. The number of nitrogens with one attached hydrogen (secondary N) is 1. The van der Waals surface area contributed by atoms with Gasteiger partial charge in [0.2, 0.25) is 0 Å². The van der Waals surface area contributed by atoms with Gasteiger partial charge in [-0.15, -0.1) is 0 Å². The average Bonchev–Trinajstić information content (AvgIpc) is 2.90. The van der Waals surface area contributed by atoms with Crippen LogP contribution < -0.4 is 11.1 Å². The van der Waals surface area contributed by atoms with Crippen LogP contribution in [-0.2, 0) is 0 Å². The normalized spacial score (nSPS) is 17.1. The van der Waals surface area contributed by atoms with E-state index in [1.807, 2.05) is 0 Å². The van der Waals surface area contributed by atoms with Crippen LogP contribution in [0.15, 0.2) is 12.1 Å². The molecule has 0 aromatic heterocycles. The number of amides is 1. The van der Waals surface area contributed by atoms with Crippen molar-refractivity contribution in [3.8, 4) is 0 Å². The first-order valence-corrected chi connectivity index (χ1v) is 6.61. The Hall–Kier alpha value is -1.69. The second-order valence-electron chi connectivity index (χ2n) is 5.40. The van der Waals surface area contributed by atoms with E-state index in [1.165, 1.54) is 0 Å². The van der Waals surface area contributed by atoms with Gasteiger partial charge < -0.3 is 16.2 Å². The quantitative estimate of drug-likeness (QED) is 0.738. The topological polar surface area (TPSA) is 75.4 Å². The lowest BCUT2D eigenvalue weighted by atomic mass is 9.87. The molecule has 1 aromatic carbocycles. The lowest BCUT2D eigenvalue weighted by Gasteiger charge is -2.26. The summed E-state index contributed by atoms with van der Waals surface area (Å²) in [5.74, 6) is -2.48. The first-order valence-electron chi connectivity index (χ1n) is 6.61. The molecule has 0 spiro atoms. The van der Waals surface area contributed by atoms with Crippen molar-refractivity contribution in [2.75, 3.05) is 18.9 Å². The number of halogens is 2. The van der Waals surface area contributed by atoms with Gasteiger partial charge in [0, 0.05) is 18.0 Å². The molecule has 1 amide bonds. The van der Waals surface area contributed by atoms with Crippen molar-refractivity contribution in [1.82, 2.24) is 5.32 Å². The zero-order chi connectivity index (χ0) is 14.8. The van der Waals surface area contributed by atoms with Crippen molar-refractivity contribution in [3.63, 3.8) is 0 Å². The number of hydrogen-bond donors (Lipinski definition) is 3. The SMILES string of the molecule is Nc1cc(C(=O)NCC2(CO)CCCC2)c(F)cc1F. The van der Waals surface area contributed by atoms with Crippen LogP contribution in [0.2, 0.25) is 0 Å². The summed E-state index contributed by atoms with van der Waals surface area (Å²) in [7, 11) is 0. The lowest BCUT2D eigenvalue weighted by Crippen LogP contribution is -2.38. The predicted octanol–water partition coefficient (Wildman–Crippen LogP) is 1.83. The highest BCUT2D eigenvalue weighted by atomic mass is 19.1. The Kier molecular flexibility index (Phi) is 4.23. The Morgan fingerprint density at radius 1 is 1.30 bits per heavy atom. The summed E-state index contributed by atoms with van der Waals surface area (Å²) in [6.45, 7) is 0.264. The maximum Gasteiger partial charge on any atom is 0.254 e. The number of aliphatic hydroxyl groups excluding tert-OH is 1. The van der Waals surface area contributed by atoms with Gasteiger partial charge in [-0.25, -0.2) is 8.78 Å². The van der Waals surface area contributed by atoms with Gasteiger partial charge in [0.15, 0.2) is 0 Å².